The molecule has 0 atom stereocenters. The lowest BCUT2D eigenvalue weighted by molar-refractivity contribution is 0.0701. The van der Waals surface area contributed by atoms with E-state index in [1.165, 1.54) is 0 Å². The van der Waals surface area contributed by atoms with Crippen LogP contribution in [0.1, 0.15) is 20.4 Å². The van der Waals surface area contributed by atoms with Gasteiger partial charge in [0.2, 0.25) is 0 Å². The van der Waals surface area contributed by atoms with Gasteiger partial charge < -0.3 is 10.4 Å². The summed E-state index contributed by atoms with van der Waals surface area (Å²) in [7, 11) is 0. The van der Waals surface area contributed by atoms with Gasteiger partial charge in [-0.15, -0.1) is 11.3 Å². The molecular weight excluding hydrogens is 214 g/mol. The van der Waals surface area contributed by atoms with Crippen LogP contribution in [0.5, 0.6) is 0 Å². The fourth-order valence-corrected chi connectivity index (χ4v) is 2.08. The molecule has 1 aromatic heterocycles. The summed E-state index contributed by atoms with van der Waals surface area (Å²) < 4.78 is 0. The number of aromatic nitrogens is 1. The Balaban J connectivity index is 2.34. The van der Waals surface area contributed by atoms with Crippen LogP contribution < -0.4 is 5.32 Å². The van der Waals surface area contributed by atoms with Crippen LogP contribution in [0.3, 0.4) is 0 Å². The van der Waals surface area contributed by atoms with Crippen molar-refractivity contribution in [3.63, 3.8) is 0 Å². The number of hydrogen-bond donors (Lipinski definition) is 2. The van der Waals surface area contributed by atoms with E-state index in [0.717, 1.165) is 11.3 Å². The molecule has 0 unspecified atom stereocenters. The molecule has 2 N–H and O–H groups in total. The molecule has 0 amide bonds. The number of carboxylic acid groups (broad SMARTS) is 1. The van der Waals surface area contributed by atoms with Crippen molar-refractivity contribution in [2.24, 2.45) is 4.99 Å². The van der Waals surface area contributed by atoms with Gasteiger partial charge in [0.15, 0.2) is 10.8 Å². The fraction of sp³-hybridized carbons (Fsp3) is 0.222. The Morgan fingerprint density at radius 3 is 3.00 bits per heavy atom. The predicted octanol–water partition coefficient (Wildman–Crippen LogP) is 1.01. The minimum atomic E-state index is -0.941. The second-order valence-electron chi connectivity index (χ2n) is 2.97. The summed E-state index contributed by atoms with van der Waals surface area (Å²) in [6.07, 6.45) is 3.65. The highest BCUT2D eigenvalue weighted by Gasteiger charge is 2.17. The molecular formula is C9H9N3O2S. The van der Waals surface area contributed by atoms with E-state index in [0.29, 0.717) is 23.1 Å². The van der Waals surface area contributed by atoms with Crippen LogP contribution in [0.2, 0.25) is 0 Å². The molecule has 0 aliphatic carbocycles. The van der Waals surface area contributed by atoms with Crippen LogP contribution in [0.15, 0.2) is 17.3 Å². The Morgan fingerprint density at radius 2 is 2.47 bits per heavy atom. The third kappa shape index (κ3) is 1.89. The number of aryl methyl sites for hydroxylation is 1. The van der Waals surface area contributed by atoms with Crippen molar-refractivity contribution >= 4 is 23.1 Å². The maximum atomic E-state index is 10.8. The number of thiazole rings is 1. The second-order valence-corrected chi connectivity index (χ2v) is 3.97. The van der Waals surface area contributed by atoms with Gasteiger partial charge in [-0.3, -0.25) is 4.99 Å². The first-order chi connectivity index (χ1) is 7.18. The average Bonchev–Trinajstić information content (AvgIpc) is 2.62. The number of carbonyl (C=O) groups is 1. The van der Waals surface area contributed by atoms with Gasteiger partial charge in [0, 0.05) is 6.20 Å². The second kappa shape index (κ2) is 3.82. The summed E-state index contributed by atoms with van der Waals surface area (Å²) in [6, 6.07) is 0. The first-order valence-electron chi connectivity index (χ1n) is 4.35. The largest absolute Gasteiger partial charge is 0.477 e. The SMILES string of the molecule is Cc1nc(C2=NCC=CN2)sc1C(=O)O. The predicted molar refractivity (Wildman–Crippen MR) is 57.5 cm³/mol. The van der Waals surface area contributed by atoms with Crippen molar-refractivity contribution in [2.75, 3.05) is 6.54 Å². The number of hydrogen-bond acceptors (Lipinski definition) is 5. The van der Waals surface area contributed by atoms with Crippen LogP contribution >= 0.6 is 11.3 Å². The number of amidine groups is 1. The molecule has 6 heteroatoms. The monoisotopic (exact) mass is 223 g/mol. The van der Waals surface area contributed by atoms with Gasteiger partial charge in [-0.1, -0.05) is 0 Å². The number of nitrogens with zero attached hydrogens (tertiary/aromatic N) is 2. The van der Waals surface area contributed by atoms with Gasteiger partial charge in [0.25, 0.3) is 0 Å². The van der Waals surface area contributed by atoms with Crippen LogP contribution in [0.25, 0.3) is 0 Å². The molecule has 0 aromatic carbocycles. The van der Waals surface area contributed by atoms with E-state index in [1.54, 1.807) is 13.1 Å². The number of rotatable bonds is 2. The Labute approximate surface area is 90.2 Å². The quantitative estimate of drug-likeness (QED) is 0.784. The summed E-state index contributed by atoms with van der Waals surface area (Å²) in [5, 5.41) is 12.4. The molecule has 0 bridgehead atoms. The topological polar surface area (TPSA) is 74.6 Å². The summed E-state index contributed by atoms with van der Waals surface area (Å²) in [6.45, 7) is 2.28. The molecule has 0 saturated heterocycles. The zero-order chi connectivity index (χ0) is 10.8. The highest BCUT2D eigenvalue weighted by molar-refractivity contribution is 7.15. The average molecular weight is 223 g/mol. The van der Waals surface area contributed by atoms with Gasteiger partial charge in [0.1, 0.15) is 4.88 Å². The Hall–Kier alpha value is -1.69. The molecule has 0 radical (unpaired) electrons. The molecule has 78 valence electrons. The van der Waals surface area contributed by atoms with Crippen LogP contribution in [-0.4, -0.2) is 28.4 Å². The maximum absolute atomic E-state index is 10.8. The zero-order valence-electron chi connectivity index (χ0n) is 8.02. The first kappa shape index (κ1) is 9.85. The molecule has 0 fully saturated rings. The van der Waals surface area contributed by atoms with Crippen molar-refractivity contribution in [3.8, 4) is 0 Å². The number of nitrogens with one attached hydrogen (secondary N) is 1. The fourth-order valence-electron chi connectivity index (χ4n) is 1.21. The number of carboxylic acids is 1. The third-order valence-electron chi connectivity index (χ3n) is 1.89. The Morgan fingerprint density at radius 1 is 1.67 bits per heavy atom. The molecule has 0 saturated carbocycles. The Bertz CT molecular complexity index is 462. The van der Waals surface area contributed by atoms with Gasteiger partial charge in [-0.05, 0) is 13.0 Å². The summed E-state index contributed by atoms with van der Waals surface area (Å²) >= 11 is 1.14. The van der Waals surface area contributed by atoms with E-state index in [1.807, 2.05) is 6.08 Å². The van der Waals surface area contributed by atoms with Crippen molar-refractivity contribution in [3.05, 3.63) is 27.9 Å². The molecule has 15 heavy (non-hydrogen) atoms. The molecule has 1 aliphatic heterocycles. The summed E-state index contributed by atoms with van der Waals surface area (Å²) in [4.78, 5) is 19.4. The molecule has 1 aliphatic rings. The standard InChI is InChI=1S/C9H9N3O2S/c1-5-6(9(13)14)15-8(12-5)7-10-3-2-4-11-7/h2-3H,4H2,1H3,(H,10,11)(H,13,14). The van der Waals surface area contributed by atoms with Crippen molar-refractivity contribution in [2.45, 2.75) is 6.92 Å². The molecule has 5 nitrogen and oxygen atoms in total. The Kier molecular flexibility index (Phi) is 2.51. The maximum Gasteiger partial charge on any atom is 0.347 e. The van der Waals surface area contributed by atoms with Gasteiger partial charge in [-0.25, -0.2) is 9.78 Å². The molecule has 0 spiro atoms. The number of aliphatic imine (C=N–C) groups is 1. The van der Waals surface area contributed by atoms with Crippen molar-refractivity contribution in [1.82, 2.24) is 10.3 Å². The first-order valence-corrected chi connectivity index (χ1v) is 5.17. The lowest BCUT2D eigenvalue weighted by Gasteiger charge is -2.05. The lowest BCUT2D eigenvalue weighted by Crippen LogP contribution is -2.21. The number of aromatic carboxylic acids is 1. The third-order valence-corrected chi connectivity index (χ3v) is 3.04. The van der Waals surface area contributed by atoms with E-state index in [9.17, 15) is 4.79 Å². The van der Waals surface area contributed by atoms with Crippen molar-refractivity contribution < 1.29 is 9.90 Å². The van der Waals surface area contributed by atoms with Crippen LogP contribution in [0.4, 0.5) is 0 Å². The molecule has 1 aromatic rings. The highest BCUT2D eigenvalue weighted by Crippen LogP contribution is 2.18. The molecule has 2 heterocycles. The van der Waals surface area contributed by atoms with Gasteiger partial charge in [0.05, 0.1) is 12.2 Å². The summed E-state index contributed by atoms with van der Waals surface area (Å²) in [5.41, 5.74) is 0.529. The van der Waals surface area contributed by atoms with Crippen molar-refractivity contribution in [1.29, 1.82) is 0 Å². The molecule has 2 rings (SSSR count). The van der Waals surface area contributed by atoms with Gasteiger partial charge in [-0.2, -0.15) is 0 Å². The van der Waals surface area contributed by atoms with Crippen LogP contribution in [-0.2, 0) is 0 Å². The zero-order valence-corrected chi connectivity index (χ0v) is 8.84. The summed E-state index contributed by atoms with van der Waals surface area (Å²) in [5.74, 6) is -0.304. The van der Waals surface area contributed by atoms with E-state index in [2.05, 4.69) is 15.3 Å². The minimum Gasteiger partial charge on any atom is -0.477 e. The van der Waals surface area contributed by atoms with E-state index >= 15 is 0 Å². The van der Waals surface area contributed by atoms with E-state index in [-0.39, 0.29) is 4.88 Å². The normalized spacial score (nSPS) is 14.6. The smallest absolute Gasteiger partial charge is 0.347 e. The van der Waals surface area contributed by atoms with Gasteiger partial charge >= 0.3 is 5.97 Å². The minimum absolute atomic E-state index is 0.268. The highest BCUT2D eigenvalue weighted by atomic mass is 32.1. The van der Waals surface area contributed by atoms with E-state index < -0.39 is 5.97 Å². The lowest BCUT2D eigenvalue weighted by atomic mass is 10.4. The van der Waals surface area contributed by atoms with E-state index in [4.69, 9.17) is 5.11 Å². The van der Waals surface area contributed by atoms with Crippen LogP contribution in [0, 0.1) is 6.92 Å².